The molecule has 3 N–H and O–H groups in total. The Hall–Kier alpha value is -1.97. The van der Waals surface area contributed by atoms with Crippen LogP contribution in [0, 0.1) is 0 Å². The van der Waals surface area contributed by atoms with Gasteiger partial charge in [-0.2, -0.15) is 0 Å². The maximum atomic E-state index is 11.5. The Kier molecular flexibility index (Phi) is 8.18. The molecule has 178 valence electrons. The molecule has 0 amide bonds. The minimum absolute atomic E-state index is 0.251. The summed E-state index contributed by atoms with van der Waals surface area (Å²) in [6.45, 7) is 6.58. The summed E-state index contributed by atoms with van der Waals surface area (Å²) in [7, 11) is -3.47. The molecule has 0 fully saturated rings. The van der Waals surface area contributed by atoms with Crippen molar-refractivity contribution in [2.45, 2.75) is 45.3 Å². The van der Waals surface area contributed by atoms with Crippen molar-refractivity contribution < 1.29 is 13.5 Å². The molecule has 1 aromatic heterocycles. The van der Waals surface area contributed by atoms with Crippen molar-refractivity contribution in [1.82, 2.24) is 10.3 Å². The number of halogens is 1. The van der Waals surface area contributed by atoms with Crippen molar-refractivity contribution in [3.63, 3.8) is 0 Å². The number of aryl methyl sites for hydroxylation is 1. The molecule has 33 heavy (non-hydrogen) atoms. The second-order valence-electron chi connectivity index (χ2n) is 8.75. The normalized spacial score (nSPS) is 13.2. The Labute approximate surface area is 205 Å². The number of sulfonamides is 1. The zero-order valence-electron chi connectivity index (χ0n) is 19.2. The van der Waals surface area contributed by atoms with Crippen LogP contribution in [0.2, 0.25) is 5.02 Å². The lowest BCUT2D eigenvalue weighted by Gasteiger charge is -2.28. The summed E-state index contributed by atoms with van der Waals surface area (Å²) in [6, 6.07) is 13.2. The number of anilines is 1. The van der Waals surface area contributed by atoms with Gasteiger partial charge in [-0.05, 0) is 49.9 Å². The molecule has 9 heteroatoms. The molecule has 0 saturated heterocycles. The smallest absolute Gasteiger partial charge is 0.229 e. The molecule has 3 aromatic rings. The first-order valence-corrected chi connectivity index (χ1v) is 13.8. The summed E-state index contributed by atoms with van der Waals surface area (Å²) in [6.07, 6.45) is 1.96. The van der Waals surface area contributed by atoms with Crippen LogP contribution < -0.4 is 10.0 Å². The number of rotatable bonds is 10. The molecule has 6 nitrogen and oxygen atoms in total. The van der Waals surface area contributed by atoms with Crippen LogP contribution in [0.5, 0.6) is 0 Å². The molecule has 0 aliphatic heterocycles. The van der Waals surface area contributed by atoms with Crippen molar-refractivity contribution in [2.24, 2.45) is 0 Å². The summed E-state index contributed by atoms with van der Waals surface area (Å²) in [4.78, 5) is 4.64. The number of hydrogen-bond donors (Lipinski definition) is 3. The Bertz CT molecular complexity index is 1190. The van der Waals surface area contributed by atoms with Gasteiger partial charge in [-0.15, -0.1) is 11.3 Å². The average Bonchev–Trinajstić information content (AvgIpc) is 3.22. The predicted octanol–water partition coefficient (Wildman–Crippen LogP) is 5.04. The largest absolute Gasteiger partial charge is 0.387 e. The predicted molar refractivity (Wildman–Crippen MR) is 138 cm³/mol. The van der Waals surface area contributed by atoms with Crippen LogP contribution in [0.15, 0.2) is 47.8 Å². The first kappa shape index (κ1) is 25.6. The summed E-state index contributed by atoms with van der Waals surface area (Å²) in [5.41, 5.74) is 3.87. The van der Waals surface area contributed by atoms with Crippen LogP contribution in [-0.2, 0) is 22.9 Å². The van der Waals surface area contributed by atoms with Gasteiger partial charge in [0.2, 0.25) is 10.0 Å². The summed E-state index contributed by atoms with van der Waals surface area (Å²) < 4.78 is 25.4. The number of aliphatic hydroxyl groups excluding tert-OH is 1. The first-order valence-electron chi connectivity index (χ1n) is 10.7. The highest BCUT2D eigenvalue weighted by Gasteiger charge is 2.21. The molecule has 0 spiro atoms. The molecule has 3 rings (SSSR count). The lowest BCUT2D eigenvalue weighted by atomic mass is 9.93. The number of aromatic nitrogens is 1. The van der Waals surface area contributed by atoms with E-state index >= 15 is 0 Å². The maximum Gasteiger partial charge on any atom is 0.229 e. The van der Waals surface area contributed by atoms with Crippen molar-refractivity contribution in [1.29, 1.82) is 0 Å². The molecule has 0 aliphatic carbocycles. The standard InChI is InChI=1S/C24H30ClN3O3S2/c1-5-23-27-21(15-32-23)17-8-6-16(7-9-17)13-24(2,3)26-14-22(29)18-10-11-19(25)20(12-18)28-33(4,30)31/h6-12,15,22,26,28-29H,5,13-14H2,1-4H3. The molecule has 0 radical (unpaired) electrons. The molecule has 0 bridgehead atoms. The molecule has 1 unspecified atom stereocenters. The van der Waals surface area contributed by atoms with Crippen LogP contribution in [0.25, 0.3) is 11.3 Å². The Morgan fingerprint density at radius 2 is 1.88 bits per heavy atom. The van der Waals surface area contributed by atoms with E-state index in [1.165, 1.54) is 5.56 Å². The van der Waals surface area contributed by atoms with Gasteiger partial charge in [0, 0.05) is 23.0 Å². The second-order valence-corrected chi connectivity index (χ2v) is 11.8. The highest BCUT2D eigenvalue weighted by Crippen LogP contribution is 2.27. The number of aliphatic hydroxyl groups is 1. The SMILES string of the molecule is CCc1nc(-c2ccc(CC(C)(C)NCC(O)c3ccc(Cl)c(NS(C)(=O)=O)c3)cc2)cs1. The van der Waals surface area contributed by atoms with Gasteiger partial charge in [0.15, 0.2) is 0 Å². The van der Waals surface area contributed by atoms with E-state index in [1.807, 2.05) is 0 Å². The minimum Gasteiger partial charge on any atom is -0.387 e. The van der Waals surface area contributed by atoms with Gasteiger partial charge < -0.3 is 10.4 Å². The number of nitrogens with zero attached hydrogens (tertiary/aromatic N) is 1. The van der Waals surface area contributed by atoms with E-state index in [9.17, 15) is 13.5 Å². The number of benzene rings is 2. The summed E-state index contributed by atoms with van der Waals surface area (Å²) >= 11 is 7.76. The van der Waals surface area contributed by atoms with Gasteiger partial charge in [0.1, 0.15) is 0 Å². The Balaban J connectivity index is 1.61. The van der Waals surface area contributed by atoms with Crippen molar-refractivity contribution in [3.05, 3.63) is 69.0 Å². The fourth-order valence-corrected chi connectivity index (χ4v) is 5.03. The van der Waals surface area contributed by atoms with Crippen molar-refractivity contribution >= 4 is 38.6 Å². The topological polar surface area (TPSA) is 91.3 Å². The molecule has 1 heterocycles. The molecular weight excluding hydrogens is 478 g/mol. The van der Waals surface area contributed by atoms with Gasteiger partial charge in [-0.25, -0.2) is 13.4 Å². The van der Waals surface area contributed by atoms with Crippen LogP contribution in [0.1, 0.15) is 43.0 Å². The summed E-state index contributed by atoms with van der Waals surface area (Å²) in [5.74, 6) is 0. The van der Waals surface area contributed by atoms with E-state index in [0.29, 0.717) is 12.1 Å². The lowest BCUT2D eigenvalue weighted by molar-refractivity contribution is 0.161. The lowest BCUT2D eigenvalue weighted by Crippen LogP contribution is -2.43. The highest BCUT2D eigenvalue weighted by atomic mass is 35.5. The zero-order valence-corrected chi connectivity index (χ0v) is 21.6. The third-order valence-electron chi connectivity index (χ3n) is 5.19. The average molecular weight is 508 g/mol. The second kappa shape index (κ2) is 10.5. The van der Waals surface area contributed by atoms with Crippen LogP contribution in [0.4, 0.5) is 5.69 Å². The fourth-order valence-electron chi connectivity index (χ4n) is 3.49. The summed E-state index contributed by atoms with van der Waals surface area (Å²) in [5, 5.41) is 17.6. The van der Waals surface area contributed by atoms with Crippen molar-refractivity contribution in [2.75, 3.05) is 17.5 Å². The van der Waals surface area contributed by atoms with E-state index < -0.39 is 16.1 Å². The molecular formula is C24H30ClN3O3S2. The third kappa shape index (κ3) is 7.52. The van der Waals surface area contributed by atoms with Gasteiger partial charge >= 0.3 is 0 Å². The van der Waals surface area contributed by atoms with Gasteiger partial charge in [0.05, 0.1) is 33.8 Å². The third-order valence-corrected chi connectivity index (χ3v) is 7.11. The van der Waals surface area contributed by atoms with Crippen LogP contribution in [-0.4, -0.2) is 36.8 Å². The zero-order chi connectivity index (χ0) is 24.2. The van der Waals surface area contributed by atoms with Gasteiger partial charge in [-0.3, -0.25) is 4.72 Å². The number of thiazole rings is 1. The van der Waals surface area contributed by atoms with E-state index in [1.54, 1.807) is 29.5 Å². The van der Waals surface area contributed by atoms with Crippen molar-refractivity contribution in [3.8, 4) is 11.3 Å². The molecule has 2 aromatic carbocycles. The van der Waals surface area contributed by atoms with E-state index in [-0.39, 0.29) is 16.2 Å². The quantitative estimate of drug-likeness (QED) is 0.357. The van der Waals surface area contributed by atoms with Crippen LogP contribution >= 0.6 is 22.9 Å². The van der Waals surface area contributed by atoms with Gasteiger partial charge in [0.25, 0.3) is 0 Å². The fraction of sp³-hybridized carbons (Fsp3) is 0.375. The molecule has 0 aliphatic rings. The number of β-amino-alcohol motifs (C(OH)–C–C–N with tert-alkyl or cyclic N) is 1. The highest BCUT2D eigenvalue weighted by molar-refractivity contribution is 7.92. The Morgan fingerprint density at radius 3 is 2.48 bits per heavy atom. The Morgan fingerprint density at radius 1 is 1.18 bits per heavy atom. The molecule has 1 atom stereocenters. The molecule has 0 saturated carbocycles. The van der Waals surface area contributed by atoms with Crippen LogP contribution in [0.3, 0.4) is 0 Å². The minimum atomic E-state index is -3.47. The van der Waals surface area contributed by atoms with Gasteiger partial charge in [-0.1, -0.05) is 48.9 Å². The first-order chi connectivity index (χ1) is 15.5. The number of hydrogen-bond acceptors (Lipinski definition) is 6. The van der Waals surface area contributed by atoms with E-state index in [4.69, 9.17) is 11.6 Å². The monoisotopic (exact) mass is 507 g/mol. The van der Waals surface area contributed by atoms with E-state index in [2.05, 4.69) is 65.4 Å². The van der Waals surface area contributed by atoms with E-state index in [0.717, 1.165) is 35.4 Å². The maximum absolute atomic E-state index is 11.5. The number of nitrogens with one attached hydrogen (secondary N) is 2.